The van der Waals surface area contributed by atoms with Gasteiger partial charge in [0.1, 0.15) is 0 Å². The van der Waals surface area contributed by atoms with Crippen LogP contribution in [0.1, 0.15) is 26.5 Å². The van der Waals surface area contributed by atoms with Gasteiger partial charge in [-0.1, -0.05) is 20.8 Å². The van der Waals surface area contributed by atoms with E-state index in [9.17, 15) is 0 Å². The van der Waals surface area contributed by atoms with Crippen molar-refractivity contribution >= 4 is 0 Å². The second-order valence-electron chi connectivity index (χ2n) is 3.97. The van der Waals surface area contributed by atoms with Crippen molar-refractivity contribution in [3.8, 4) is 0 Å². The second kappa shape index (κ2) is 3.27. The van der Waals surface area contributed by atoms with Crippen LogP contribution in [0.15, 0.2) is 12.5 Å². The predicted octanol–water partition coefficient (Wildman–Crippen LogP) is 1.17. The minimum absolute atomic E-state index is 0.0979. The zero-order chi connectivity index (χ0) is 9.19. The molecular formula is C9H16N2O. The summed E-state index contributed by atoms with van der Waals surface area (Å²) in [5.74, 6) is 0. The molecule has 68 valence electrons. The van der Waals surface area contributed by atoms with Gasteiger partial charge < -0.3 is 9.67 Å². The van der Waals surface area contributed by atoms with Gasteiger partial charge in [0.2, 0.25) is 0 Å². The molecular weight excluding hydrogens is 152 g/mol. The lowest BCUT2D eigenvalue weighted by Crippen LogP contribution is -2.11. The Bertz CT molecular complexity index is 247. The van der Waals surface area contributed by atoms with Crippen LogP contribution in [0.3, 0.4) is 0 Å². The molecule has 0 fully saturated rings. The fourth-order valence-corrected chi connectivity index (χ4v) is 0.985. The molecule has 0 bridgehead atoms. The number of nitrogens with zero attached hydrogens (tertiary/aromatic N) is 2. The first-order chi connectivity index (χ1) is 5.54. The lowest BCUT2D eigenvalue weighted by atomic mass is 9.93. The van der Waals surface area contributed by atoms with Gasteiger partial charge in [0.25, 0.3) is 0 Å². The largest absolute Gasteiger partial charge is 0.395 e. The molecule has 1 aromatic rings. The van der Waals surface area contributed by atoms with Crippen LogP contribution in [0.25, 0.3) is 0 Å². The maximum absolute atomic E-state index is 8.68. The summed E-state index contributed by atoms with van der Waals surface area (Å²) in [5.41, 5.74) is 1.16. The quantitative estimate of drug-likeness (QED) is 0.720. The molecule has 12 heavy (non-hydrogen) atoms. The van der Waals surface area contributed by atoms with Crippen molar-refractivity contribution < 1.29 is 5.11 Å². The Balaban J connectivity index is 2.77. The van der Waals surface area contributed by atoms with Crippen molar-refractivity contribution in [3.63, 3.8) is 0 Å². The van der Waals surface area contributed by atoms with Crippen molar-refractivity contribution in [2.45, 2.75) is 32.7 Å². The molecule has 1 N–H and O–H groups in total. The van der Waals surface area contributed by atoms with Gasteiger partial charge >= 0.3 is 0 Å². The van der Waals surface area contributed by atoms with Gasteiger partial charge in [0, 0.05) is 18.2 Å². The van der Waals surface area contributed by atoms with Crippen LogP contribution in [-0.4, -0.2) is 21.3 Å². The number of hydrogen-bond acceptors (Lipinski definition) is 2. The van der Waals surface area contributed by atoms with Crippen molar-refractivity contribution in [1.29, 1.82) is 0 Å². The van der Waals surface area contributed by atoms with Gasteiger partial charge in [-0.15, -0.1) is 0 Å². The van der Waals surface area contributed by atoms with E-state index in [2.05, 4.69) is 25.8 Å². The number of rotatable bonds is 2. The van der Waals surface area contributed by atoms with Crippen molar-refractivity contribution in [2.24, 2.45) is 0 Å². The van der Waals surface area contributed by atoms with Crippen LogP contribution in [0.5, 0.6) is 0 Å². The lowest BCUT2D eigenvalue weighted by Gasteiger charge is -2.14. The molecule has 1 aromatic heterocycles. The first-order valence-corrected chi connectivity index (χ1v) is 4.17. The Morgan fingerprint density at radius 3 is 2.58 bits per heavy atom. The van der Waals surface area contributed by atoms with E-state index in [4.69, 9.17) is 5.11 Å². The summed E-state index contributed by atoms with van der Waals surface area (Å²) in [6.07, 6.45) is 3.74. The van der Waals surface area contributed by atoms with Gasteiger partial charge in [-0.05, 0) is 0 Å². The van der Waals surface area contributed by atoms with Crippen LogP contribution in [0.4, 0.5) is 0 Å². The van der Waals surface area contributed by atoms with E-state index < -0.39 is 0 Å². The SMILES string of the molecule is CC(C)(C)c1cn(CCO)cn1. The molecule has 1 rings (SSSR count). The van der Waals surface area contributed by atoms with E-state index in [1.54, 1.807) is 6.33 Å². The van der Waals surface area contributed by atoms with E-state index >= 15 is 0 Å². The predicted molar refractivity (Wildman–Crippen MR) is 48.0 cm³/mol. The third kappa shape index (κ3) is 2.08. The van der Waals surface area contributed by atoms with Gasteiger partial charge in [-0.2, -0.15) is 0 Å². The van der Waals surface area contributed by atoms with E-state index in [1.807, 2.05) is 10.8 Å². The van der Waals surface area contributed by atoms with Gasteiger partial charge in [-0.25, -0.2) is 4.98 Å². The Hall–Kier alpha value is -0.830. The molecule has 1 heterocycles. The van der Waals surface area contributed by atoms with Gasteiger partial charge in [0.15, 0.2) is 0 Å². The van der Waals surface area contributed by atoms with Crippen LogP contribution in [0.2, 0.25) is 0 Å². The lowest BCUT2D eigenvalue weighted by molar-refractivity contribution is 0.276. The van der Waals surface area contributed by atoms with Crippen LogP contribution in [-0.2, 0) is 12.0 Å². The number of aliphatic hydroxyl groups excluding tert-OH is 1. The normalized spacial score (nSPS) is 12.0. The molecule has 0 aromatic carbocycles. The summed E-state index contributed by atoms with van der Waals surface area (Å²) in [6.45, 7) is 7.17. The Kier molecular flexibility index (Phi) is 2.52. The first-order valence-electron chi connectivity index (χ1n) is 4.17. The smallest absolute Gasteiger partial charge is 0.0950 e. The van der Waals surface area contributed by atoms with E-state index in [0.29, 0.717) is 6.54 Å². The van der Waals surface area contributed by atoms with Crippen molar-refractivity contribution in [1.82, 2.24) is 9.55 Å². The third-order valence-electron chi connectivity index (χ3n) is 1.76. The van der Waals surface area contributed by atoms with Crippen LogP contribution < -0.4 is 0 Å². The summed E-state index contributed by atoms with van der Waals surface area (Å²) in [6, 6.07) is 0. The summed E-state index contributed by atoms with van der Waals surface area (Å²) >= 11 is 0. The Labute approximate surface area is 73.1 Å². The molecule has 0 atom stereocenters. The summed E-state index contributed by atoms with van der Waals surface area (Å²) < 4.78 is 1.90. The minimum atomic E-state index is 0.0979. The summed E-state index contributed by atoms with van der Waals surface area (Å²) in [7, 11) is 0. The highest BCUT2D eigenvalue weighted by Gasteiger charge is 2.16. The average Bonchev–Trinajstić information content (AvgIpc) is 2.35. The summed E-state index contributed by atoms with van der Waals surface area (Å²) in [5, 5.41) is 8.68. The Morgan fingerprint density at radius 2 is 2.17 bits per heavy atom. The molecule has 0 radical (unpaired) electrons. The van der Waals surface area contributed by atoms with Gasteiger partial charge in [-0.3, -0.25) is 0 Å². The molecule has 0 saturated carbocycles. The second-order valence-corrected chi connectivity index (χ2v) is 3.97. The molecule has 0 amide bonds. The molecule has 0 aliphatic heterocycles. The summed E-state index contributed by atoms with van der Waals surface area (Å²) in [4.78, 5) is 4.26. The maximum atomic E-state index is 8.68. The molecule has 0 unspecified atom stereocenters. The third-order valence-corrected chi connectivity index (χ3v) is 1.76. The maximum Gasteiger partial charge on any atom is 0.0950 e. The standard InChI is InChI=1S/C9H16N2O/c1-9(2,3)8-6-11(4-5-12)7-10-8/h6-7,12H,4-5H2,1-3H3. The van der Waals surface area contributed by atoms with Gasteiger partial charge in [0.05, 0.1) is 18.6 Å². The number of aromatic nitrogens is 2. The van der Waals surface area contributed by atoms with Crippen molar-refractivity contribution in [3.05, 3.63) is 18.2 Å². The first kappa shape index (κ1) is 9.26. The zero-order valence-electron chi connectivity index (χ0n) is 7.91. The highest BCUT2D eigenvalue weighted by Crippen LogP contribution is 2.19. The van der Waals surface area contributed by atoms with E-state index in [-0.39, 0.29) is 12.0 Å². The molecule has 0 saturated heterocycles. The molecule has 3 heteroatoms. The average molecular weight is 168 g/mol. The van der Waals surface area contributed by atoms with Crippen LogP contribution in [0, 0.1) is 0 Å². The number of aliphatic hydroxyl groups is 1. The van der Waals surface area contributed by atoms with Crippen molar-refractivity contribution in [2.75, 3.05) is 6.61 Å². The highest BCUT2D eigenvalue weighted by atomic mass is 16.3. The molecule has 0 aliphatic carbocycles. The highest BCUT2D eigenvalue weighted by molar-refractivity contribution is 5.08. The molecule has 0 aliphatic rings. The van der Waals surface area contributed by atoms with E-state index in [0.717, 1.165) is 5.69 Å². The molecule has 3 nitrogen and oxygen atoms in total. The zero-order valence-corrected chi connectivity index (χ0v) is 7.91. The minimum Gasteiger partial charge on any atom is -0.395 e. The Morgan fingerprint density at radius 1 is 1.50 bits per heavy atom. The van der Waals surface area contributed by atoms with E-state index in [1.165, 1.54) is 0 Å². The monoisotopic (exact) mass is 168 g/mol. The van der Waals surface area contributed by atoms with Crippen LogP contribution >= 0.6 is 0 Å². The molecule has 0 spiro atoms. The number of imidazole rings is 1. The number of hydrogen-bond donors (Lipinski definition) is 1. The topological polar surface area (TPSA) is 38.0 Å². The fraction of sp³-hybridized carbons (Fsp3) is 0.667. The fourth-order valence-electron chi connectivity index (χ4n) is 0.985.